The van der Waals surface area contributed by atoms with Gasteiger partial charge in [-0.2, -0.15) is 5.26 Å². The second-order valence-corrected chi connectivity index (χ2v) is 3.59. The summed E-state index contributed by atoms with van der Waals surface area (Å²) in [6, 6.07) is 7.23. The number of allylic oxidation sites excluding steroid dienone is 2. The minimum absolute atomic E-state index is 0.400. The van der Waals surface area contributed by atoms with Crippen LogP contribution in [0.4, 0.5) is 0 Å². The summed E-state index contributed by atoms with van der Waals surface area (Å²) in [4.78, 5) is 4.05. The van der Waals surface area contributed by atoms with E-state index in [0.717, 1.165) is 12.8 Å². The molecule has 0 bridgehead atoms. The summed E-state index contributed by atoms with van der Waals surface area (Å²) in [5.41, 5.74) is 0.400. The van der Waals surface area contributed by atoms with Crippen LogP contribution in [0.1, 0.15) is 18.5 Å². The fraction of sp³-hybridized carbons (Fsp3) is 0.333. The monoisotopic (exact) mass is 200 g/mol. The second kappa shape index (κ2) is 4.61. The molecule has 0 unspecified atom stereocenters. The van der Waals surface area contributed by atoms with Crippen molar-refractivity contribution in [2.24, 2.45) is 5.92 Å². The number of hydrogen-bond acceptors (Lipinski definition) is 3. The van der Waals surface area contributed by atoms with Crippen LogP contribution in [0.2, 0.25) is 0 Å². The Balaban J connectivity index is 1.90. The van der Waals surface area contributed by atoms with E-state index in [4.69, 9.17) is 10.00 Å². The highest BCUT2D eigenvalue weighted by atomic mass is 16.5. The van der Waals surface area contributed by atoms with Crippen molar-refractivity contribution in [3.63, 3.8) is 0 Å². The van der Waals surface area contributed by atoms with Gasteiger partial charge in [-0.05, 0) is 24.8 Å². The smallest absolute Gasteiger partial charge is 0.214 e. The molecular weight excluding hydrogens is 188 g/mol. The lowest BCUT2D eigenvalue weighted by Gasteiger charge is -2.10. The summed E-state index contributed by atoms with van der Waals surface area (Å²) in [6.45, 7) is 0.675. The maximum Gasteiger partial charge on any atom is 0.214 e. The van der Waals surface area contributed by atoms with E-state index in [-0.39, 0.29) is 0 Å². The second-order valence-electron chi connectivity index (χ2n) is 3.59. The molecule has 0 saturated heterocycles. The van der Waals surface area contributed by atoms with E-state index < -0.39 is 0 Å². The first-order valence-corrected chi connectivity index (χ1v) is 5.03. The quantitative estimate of drug-likeness (QED) is 0.703. The number of hydrogen-bond donors (Lipinski definition) is 0. The third-order valence-electron chi connectivity index (χ3n) is 2.41. The zero-order valence-electron chi connectivity index (χ0n) is 8.39. The molecule has 2 rings (SSSR count). The van der Waals surface area contributed by atoms with Crippen LogP contribution in [0.3, 0.4) is 0 Å². The molecule has 0 N–H and O–H groups in total. The predicted molar refractivity (Wildman–Crippen MR) is 56.3 cm³/mol. The summed E-state index contributed by atoms with van der Waals surface area (Å²) < 4.78 is 5.53. The fourth-order valence-corrected chi connectivity index (χ4v) is 1.57. The first-order chi connectivity index (χ1) is 7.38. The van der Waals surface area contributed by atoms with Crippen molar-refractivity contribution in [2.75, 3.05) is 6.61 Å². The minimum Gasteiger partial charge on any atom is -0.477 e. The van der Waals surface area contributed by atoms with Gasteiger partial charge in [0.05, 0.1) is 6.61 Å². The molecule has 1 aliphatic rings. The van der Waals surface area contributed by atoms with Crippen LogP contribution in [0.15, 0.2) is 30.4 Å². The third kappa shape index (κ3) is 2.57. The van der Waals surface area contributed by atoms with Gasteiger partial charge in [-0.15, -0.1) is 0 Å². The first-order valence-electron chi connectivity index (χ1n) is 5.03. The molecule has 1 aliphatic carbocycles. The van der Waals surface area contributed by atoms with Gasteiger partial charge in [0.15, 0.2) is 0 Å². The molecule has 15 heavy (non-hydrogen) atoms. The topological polar surface area (TPSA) is 45.9 Å². The molecule has 0 spiro atoms. The van der Waals surface area contributed by atoms with Gasteiger partial charge in [0.2, 0.25) is 5.88 Å². The third-order valence-corrected chi connectivity index (χ3v) is 2.41. The van der Waals surface area contributed by atoms with Crippen LogP contribution in [0, 0.1) is 17.2 Å². The van der Waals surface area contributed by atoms with E-state index >= 15 is 0 Å². The normalized spacial score (nSPS) is 15.1. The van der Waals surface area contributed by atoms with E-state index in [9.17, 15) is 0 Å². The van der Waals surface area contributed by atoms with Crippen LogP contribution < -0.4 is 4.74 Å². The van der Waals surface area contributed by atoms with Crippen LogP contribution in [0.25, 0.3) is 0 Å². The average molecular weight is 200 g/mol. The Morgan fingerprint density at radius 2 is 2.20 bits per heavy atom. The minimum atomic E-state index is 0.400. The average Bonchev–Trinajstić information content (AvgIpc) is 2.79. The van der Waals surface area contributed by atoms with Crippen molar-refractivity contribution in [1.82, 2.24) is 4.98 Å². The lowest BCUT2D eigenvalue weighted by molar-refractivity contribution is 0.247. The molecule has 1 aromatic rings. The number of pyridine rings is 1. The molecule has 0 atom stereocenters. The predicted octanol–water partition coefficient (Wildman–Crippen LogP) is 2.30. The summed E-state index contributed by atoms with van der Waals surface area (Å²) in [5, 5.41) is 8.66. The Hall–Kier alpha value is -1.82. The van der Waals surface area contributed by atoms with Crippen molar-refractivity contribution in [2.45, 2.75) is 12.8 Å². The summed E-state index contributed by atoms with van der Waals surface area (Å²) in [7, 11) is 0. The largest absolute Gasteiger partial charge is 0.477 e. The van der Waals surface area contributed by atoms with E-state index in [0.29, 0.717) is 24.1 Å². The SMILES string of the molecule is N#Cc1cccc(OCC2CC=CC2)n1. The van der Waals surface area contributed by atoms with Crippen LogP contribution in [-0.2, 0) is 0 Å². The van der Waals surface area contributed by atoms with Crippen LogP contribution >= 0.6 is 0 Å². The van der Waals surface area contributed by atoms with Gasteiger partial charge in [-0.3, -0.25) is 0 Å². The van der Waals surface area contributed by atoms with Gasteiger partial charge in [0, 0.05) is 6.07 Å². The molecule has 0 amide bonds. The molecule has 76 valence electrons. The standard InChI is InChI=1S/C12H12N2O/c13-8-11-6-3-7-12(14-11)15-9-10-4-1-2-5-10/h1-3,6-7,10H,4-5,9H2. The van der Waals surface area contributed by atoms with Crippen LogP contribution in [0.5, 0.6) is 5.88 Å². The maximum absolute atomic E-state index is 8.66. The fourth-order valence-electron chi connectivity index (χ4n) is 1.57. The first kappa shape index (κ1) is 9.72. The Labute approximate surface area is 89.0 Å². The highest BCUT2D eigenvalue weighted by molar-refractivity contribution is 5.24. The van der Waals surface area contributed by atoms with E-state index in [1.807, 2.05) is 6.07 Å². The Bertz CT molecular complexity index is 398. The zero-order chi connectivity index (χ0) is 10.5. The van der Waals surface area contributed by atoms with Crippen molar-refractivity contribution in [3.8, 4) is 11.9 Å². The number of nitrogens with zero attached hydrogens (tertiary/aromatic N) is 2. The molecule has 0 fully saturated rings. The Morgan fingerprint density at radius 1 is 1.40 bits per heavy atom. The highest BCUT2D eigenvalue weighted by Crippen LogP contribution is 2.18. The number of ether oxygens (including phenoxy) is 1. The molecular formula is C12H12N2O. The van der Waals surface area contributed by atoms with Crippen molar-refractivity contribution < 1.29 is 4.74 Å². The van der Waals surface area contributed by atoms with Crippen molar-refractivity contribution in [1.29, 1.82) is 5.26 Å². The van der Waals surface area contributed by atoms with Gasteiger partial charge in [-0.25, -0.2) is 4.98 Å². The van der Waals surface area contributed by atoms with Gasteiger partial charge in [0.1, 0.15) is 11.8 Å². The van der Waals surface area contributed by atoms with Gasteiger partial charge in [0.25, 0.3) is 0 Å². The Morgan fingerprint density at radius 3 is 2.93 bits per heavy atom. The highest BCUT2D eigenvalue weighted by Gasteiger charge is 2.11. The molecule has 3 heteroatoms. The lowest BCUT2D eigenvalue weighted by Crippen LogP contribution is -2.09. The number of aromatic nitrogens is 1. The van der Waals surface area contributed by atoms with Crippen molar-refractivity contribution >= 4 is 0 Å². The van der Waals surface area contributed by atoms with Gasteiger partial charge >= 0.3 is 0 Å². The molecule has 0 saturated carbocycles. The van der Waals surface area contributed by atoms with E-state index in [1.54, 1.807) is 18.2 Å². The van der Waals surface area contributed by atoms with Gasteiger partial charge < -0.3 is 4.74 Å². The number of rotatable bonds is 3. The summed E-state index contributed by atoms with van der Waals surface area (Å²) in [6.07, 6.45) is 6.51. The molecule has 0 radical (unpaired) electrons. The molecule has 0 aromatic carbocycles. The molecule has 1 aromatic heterocycles. The summed E-state index contributed by atoms with van der Waals surface area (Å²) in [5.74, 6) is 1.11. The zero-order valence-corrected chi connectivity index (χ0v) is 8.39. The lowest BCUT2D eigenvalue weighted by atomic mass is 10.1. The molecule has 0 aliphatic heterocycles. The molecule has 1 heterocycles. The number of nitriles is 1. The van der Waals surface area contributed by atoms with Crippen LogP contribution in [-0.4, -0.2) is 11.6 Å². The Kier molecular flexibility index (Phi) is 2.99. The van der Waals surface area contributed by atoms with Crippen molar-refractivity contribution in [3.05, 3.63) is 36.0 Å². The van der Waals surface area contributed by atoms with E-state index in [2.05, 4.69) is 17.1 Å². The molecule has 3 nitrogen and oxygen atoms in total. The maximum atomic E-state index is 8.66. The summed E-state index contributed by atoms with van der Waals surface area (Å²) >= 11 is 0. The van der Waals surface area contributed by atoms with E-state index in [1.165, 1.54) is 0 Å². The van der Waals surface area contributed by atoms with Gasteiger partial charge in [-0.1, -0.05) is 18.2 Å².